The number of amides is 1. The second-order valence-electron chi connectivity index (χ2n) is 6.72. The highest BCUT2D eigenvalue weighted by Gasteiger charge is 2.36. The van der Waals surface area contributed by atoms with E-state index in [2.05, 4.69) is 30.2 Å². The molecule has 0 radical (unpaired) electrons. The smallest absolute Gasteiger partial charge is 0.239 e. The van der Waals surface area contributed by atoms with Crippen molar-refractivity contribution < 1.29 is 4.79 Å². The summed E-state index contributed by atoms with van der Waals surface area (Å²) in [6.45, 7) is 2.55. The minimum absolute atomic E-state index is 0.0428. The summed E-state index contributed by atoms with van der Waals surface area (Å²) in [6.07, 6.45) is 7.87. The summed E-state index contributed by atoms with van der Waals surface area (Å²) in [6, 6.07) is 0.801. The van der Waals surface area contributed by atoms with Crippen LogP contribution in [-0.4, -0.2) is 69.5 Å². The molecular formula is C16H23N7O. The lowest BCUT2D eigenvalue weighted by molar-refractivity contribution is -0.120. The third kappa shape index (κ3) is 2.82. The first-order valence-corrected chi connectivity index (χ1v) is 8.61. The lowest BCUT2D eigenvalue weighted by Crippen LogP contribution is -2.49. The fourth-order valence-corrected chi connectivity index (χ4v) is 4.00. The molecule has 4 heterocycles. The number of aromatic nitrogens is 4. The molecule has 0 unspecified atom stereocenters. The molecule has 4 rings (SSSR count). The van der Waals surface area contributed by atoms with Gasteiger partial charge in [-0.25, -0.2) is 15.0 Å². The number of rotatable bonds is 4. The number of hydrogen-bond acceptors (Lipinski definition) is 6. The fraction of sp³-hybridized carbons (Fsp3) is 0.625. The van der Waals surface area contributed by atoms with Crippen LogP contribution >= 0.6 is 0 Å². The molecule has 2 saturated heterocycles. The maximum Gasteiger partial charge on any atom is 0.239 e. The highest BCUT2D eigenvalue weighted by atomic mass is 16.2. The van der Waals surface area contributed by atoms with Gasteiger partial charge in [-0.1, -0.05) is 6.42 Å². The molecule has 8 heteroatoms. The summed E-state index contributed by atoms with van der Waals surface area (Å²) >= 11 is 0. The molecule has 2 aliphatic heterocycles. The van der Waals surface area contributed by atoms with Crippen molar-refractivity contribution in [1.82, 2.24) is 30.2 Å². The summed E-state index contributed by atoms with van der Waals surface area (Å²) in [5.41, 5.74) is 1.37. The zero-order chi connectivity index (χ0) is 16.5. The van der Waals surface area contributed by atoms with Crippen molar-refractivity contribution in [2.75, 3.05) is 31.6 Å². The molecule has 1 amide bonds. The number of hydrogen-bond donors (Lipinski definition) is 2. The predicted molar refractivity (Wildman–Crippen MR) is 90.7 cm³/mol. The zero-order valence-corrected chi connectivity index (χ0v) is 13.9. The number of carbonyl (C=O) groups excluding carboxylic acids is 1. The standard InChI is InChI=1S/C16H23N7O/c1-22(16-14-15(18-9-17-14)19-10-20-16)8-13(24)21-11-5-7-23-6-3-2-4-12(11)23/h9-12H,2-8H2,1H3,(H,21,24)(H,17,18,19,20)/t11-,12-/m0/s1. The van der Waals surface area contributed by atoms with Crippen molar-refractivity contribution in [2.24, 2.45) is 0 Å². The summed E-state index contributed by atoms with van der Waals surface area (Å²) in [5.74, 6) is 0.736. The Labute approximate surface area is 140 Å². The van der Waals surface area contributed by atoms with Gasteiger partial charge in [-0.05, 0) is 25.8 Å². The van der Waals surface area contributed by atoms with Crippen molar-refractivity contribution in [3.63, 3.8) is 0 Å². The first-order chi connectivity index (χ1) is 11.7. The quantitative estimate of drug-likeness (QED) is 0.850. The maximum atomic E-state index is 12.5. The van der Waals surface area contributed by atoms with Gasteiger partial charge in [-0.2, -0.15) is 0 Å². The molecule has 0 spiro atoms. The lowest BCUT2D eigenvalue weighted by atomic mass is 9.99. The number of nitrogens with one attached hydrogen (secondary N) is 2. The van der Waals surface area contributed by atoms with Crippen LogP contribution < -0.4 is 10.2 Å². The summed E-state index contributed by atoms with van der Waals surface area (Å²) in [7, 11) is 1.86. The van der Waals surface area contributed by atoms with E-state index >= 15 is 0 Å². The van der Waals surface area contributed by atoms with Crippen LogP contribution in [0.3, 0.4) is 0 Å². The van der Waals surface area contributed by atoms with Gasteiger partial charge in [-0.15, -0.1) is 0 Å². The van der Waals surface area contributed by atoms with Gasteiger partial charge in [0, 0.05) is 25.7 Å². The van der Waals surface area contributed by atoms with Crippen LogP contribution in [0.25, 0.3) is 11.2 Å². The Hall–Kier alpha value is -2.22. The van der Waals surface area contributed by atoms with E-state index in [1.54, 1.807) is 6.33 Å². The average Bonchev–Trinajstić information content (AvgIpc) is 3.21. The van der Waals surface area contributed by atoms with Crippen molar-refractivity contribution in [3.8, 4) is 0 Å². The average molecular weight is 329 g/mol. The predicted octanol–water partition coefficient (Wildman–Crippen LogP) is 0.532. The van der Waals surface area contributed by atoms with Crippen molar-refractivity contribution in [3.05, 3.63) is 12.7 Å². The molecule has 2 aromatic rings. The molecule has 2 aromatic heterocycles. The number of piperidine rings is 1. The lowest BCUT2D eigenvalue weighted by Gasteiger charge is -2.32. The van der Waals surface area contributed by atoms with Gasteiger partial charge >= 0.3 is 0 Å². The van der Waals surface area contributed by atoms with Crippen LogP contribution in [-0.2, 0) is 4.79 Å². The number of likely N-dealkylation sites (N-methyl/N-ethyl adjacent to an activating group) is 1. The van der Waals surface area contributed by atoms with E-state index in [4.69, 9.17) is 0 Å². The molecule has 128 valence electrons. The molecule has 2 aliphatic rings. The number of anilines is 1. The van der Waals surface area contributed by atoms with Crippen LogP contribution in [0.5, 0.6) is 0 Å². The molecule has 0 aliphatic carbocycles. The number of H-pyrrole nitrogens is 1. The van der Waals surface area contributed by atoms with E-state index in [0.29, 0.717) is 17.5 Å². The van der Waals surface area contributed by atoms with Crippen molar-refractivity contribution >= 4 is 22.9 Å². The number of aromatic amines is 1. The van der Waals surface area contributed by atoms with E-state index in [-0.39, 0.29) is 18.5 Å². The normalized spacial score (nSPS) is 24.0. The first-order valence-electron chi connectivity index (χ1n) is 8.61. The van der Waals surface area contributed by atoms with Crippen LogP contribution in [0.15, 0.2) is 12.7 Å². The Kier molecular flexibility index (Phi) is 4.05. The minimum atomic E-state index is 0.0428. The van der Waals surface area contributed by atoms with Gasteiger partial charge < -0.3 is 15.2 Å². The topological polar surface area (TPSA) is 90.0 Å². The Morgan fingerprint density at radius 1 is 1.33 bits per heavy atom. The molecule has 2 atom stereocenters. The Morgan fingerprint density at radius 3 is 3.17 bits per heavy atom. The van der Waals surface area contributed by atoms with Gasteiger partial charge in [0.05, 0.1) is 12.9 Å². The van der Waals surface area contributed by atoms with Crippen LogP contribution in [0.4, 0.5) is 5.82 Å². The fourth-order valence-electron chi connectivity index (χ4n) is 4.00. The molecule has 24 heavy (non-hydrogen) atoms. The maximum absolute atomic E-state index is 12.5. The largest absolute Gasteiger partial charge is 0.350 e. The van der Waals surface area contributed by atoms with E-state index < -0.39 is 0 Å². The third-order valence-corrected chi connectivity index (χ3v) is 5.15. The zero-order valence-electron chi connectivity index (χ0n) is 13.9. The summed E-state index contributed by atoms with van der Waals surface area (Å²) in [4.78, 5) is 32.4. The first kappa shape index (κ1) is 15.3. The van der Waals surface area contributed by atoms with E-state index in [0.717, 1.165) is 18.5 Å². The number of nitrogens with zero attached hydrogens (tertiary/aromatic N) is 5. The minimum Gasteiger partial charge on any atom is -0.350 e. The van der Waals surface area contributed by atoms with Crippen LogP contribution in [0, 0.1) is 0 Å². The van der Waals surface area contributed by atoms with Crippen molar-refractivity contribution in [1.29, 1.82) is 0 Å². The number of imidazole rings is 1. The molecule has 8 nitrogen and oxygen atoms in total. The molecule has 0 bridgehead atoms. The molecular weight excluding hydrogens is 306 g/mol. The van der Waals surface area contributed by atoms with Gasteiger partial charge in [0.1, 0.15) is 11.8 Å². The molecule has 0 saturated carbocycles. The Morgan fingerprint density at radius 2 is 2.25 bits per heavy atom. The van der Waals surface area contributed by atoms with E-state index in [1.165, 1.54) is 32.1 Å². The van der Waals surface area contributed by atoms with Crippen LogP contribution in [0.1, 0.15) is 25.7 Å². The van der Waals surface area contributed by atoms with Gasteiger partial charge in [-0.3, -0.25) is 9.69 Å². The second kappa shape index (κ2) is 6.35. The van der Waals surface area contributed by atoms with Crippen LogP contribution in [0.2, 0.25) is 0 Å². The SMILES string of the molecule is CN(CC(=O)N[C@H]1CCN2CCCC[C@@H]12)c1ncnc2nc[nH]c12. The second-order valence-corrected chi connectivity index (χ2v) is 6.72. The van der Waals surface area contributed by atoms with E-state index in [9.17, 15) is 4.79 Å². The Bertz CT molecular complexity index is 730. The highest BCUT2D eigenvalue weighted by Crippen LogP contribution is 2.27. The molecule has 2 N–H and O–H groups in total. The van der Waals surface area contributed by atoms with E-state index in [1.807, 2.05) is 11.9 Å². The van der Waals surface area contributed by atoms with Gasteiger partial charge in [0.2, 0.25) is 5.91 Å². The Balaban J connectivity index is 1.40. The summed E-state index contributed by atoms with van der Waals surface area (Å²) in [5, 5.41) is 3.23. The highest BCUT2D eigenvalue weighted by molar-refractivity contribution is 5.87. The molecule has 0 aromatic carbocycles. The van der Waals surface area contributed by atoms with Gasteiger partial charge in [0.15, 0.2) is 11.5 Å². The third-order valence-electron chi connectivity index (χ3n) is 5.15. The molecule has 2 fully saturated rings. The number of carbonyl (C=O) groups is 1. The number of fused-ring (bicyclic) bond motifs is 2. The van der Waals surface area contributed by atoms with Crippen molar-refractivity contribution in [2.45, 2.75) is 37.8 Å². The monoisotopic (exact) mass is 329 g/mol. The summed E-state index contributed by atoms with van der Waals surface area (Å²) < 4.78 is 0. The van der Waals surface area contributed by atoms with Gasteiger partial charge in [0.25, 0.3) is 0 Å².